The zero-order valence-corrected chi connectivity index (χ0v) is 11.2. The van der Waals surface area contributed by atoms with Gasteiger partial charge in [-0.1, -0.05) is 11.2 Å². The van der Waals surface area contributed by atoms with E-state index in [4.69, 9.17) is 5.21 Å². The molecule has 1 fully saturated rings. The summed E-state index contributed by atoms with van der Waals surface area (Å²) in [4.78, 5) is 15.2. The van der Waals surface area contributed by atoms with Crippen LogP contribution in [0.5, 0.6) is 0 Å². The van der Waals surface area contributed by atoms with E-state index in [0.29, 0.717) is 32.4 Å². The maximum Gasteiger partial charge on any atom is 0.222 e. The minimum atomic E-state index is 0.226. The predicted octanol–water partition coefficient (Wildman–Crippen LogP) is 2.52. The minimum Gasteiger partial charge on any atom is -0.411 e. The highest BCUT2D eigenvalue weighted by molar-refractivity contribution is 7.09. The molecule has 1 aliphatic heterocycles. The number of likely N-dealkylation sites (tertiary alicyclic amines) is 1. The number of nitrogens with zero attached hydrogens (tertiary/aromatic N) is 2. The summed E-state index contributed by atoms with van der Waals surface area (Å²) in [7, 11) is 0. The van der Waals surface area contributed by atoms with Crippen LogP contribution in [-0.4, -0.2) is 34.8 Å². The van der Waals surface area contributed by atoms with Gasteiger partial charge < -0.3 is 10.1 Å². The fourth-order valence-electron chi connectivity index (χ4n) is 2.14. The van der Waals surface area contributed by atoms with Crippen LogP contribution < -0.4 is 0 Å². The Hall–Kier alpha value is -1.36. The molecule has 0 saturated carbocycles. The van der Waals surface area contributed by atoms with E-state index in [-0.39, 0.29) is 5.91 Å². The molecule has 0 unspecified atom stereocenters. The number of hydrogen-bond donors (Lipinski definition) is 1. The van der Waals surface area contributed by atoms with Crippen molar-refractivity contribution in [2.24, 2.45) is 5.16 Å². The van der Waals surface area contributed by atoms with E-state index in [1.165, 1.54) is 4.88 Å². The minimum absolute atomic E-state index is 0.226. The molecule has 0 radical (unpaired) electrons. The maximum atomic E-state index is 11.9. The van der Waals surface area contributed by atoms with E-state index >= 15 is 0 Å². The first-order valence-electron chi connectivity index (χ1n) is 6.29. The van der Waals surface area contributed by atoms with Crippen molar-refractivity contribution in [3.05, 3.63) is 22.4 Å². The van der Waals surface area contributed by atoms with Crippen LogP contribution in [-0.2, 0) is 11.2 Å². The lowest BCUT2D eigenvalue weighted by atomic mass is 10.1. The summed E-state index contributed by atoms with van der Waals surface area (Å²) in [5, 5.41) is 13.9. The van der Waals surface area contributed by atoms with Crippen LogP contribution in [0.1, 0.15) is 30.6 Å². The number of aryl methyl sites for hydroxylation is 1. The first kappa shape index (κ1) is 13.1. The van der Waals surface area contributed by atoms with E-state index in [1.54, 1.807) is 11.3 Å². The predicted molar refractivity (Wildman–Crippen MR) is 72.3 cm³/mol. The van der Waals surface area contributed by atoms with Crippen molar-refractivity contribution in [2.75, 3.05) is 13.1 Å². The number of carbonyl (C=O) groups excluding carboxylic acids is 1. The van der Waals surface area contributed by atoms with Gasteiger partial charge >= 0.3 is 0 Å². The molecule has 18 heavy (non-hydrogen) atoms. The van der Waals surface area contributed by atoms with Gasteiger partial charge in [0.05, 0.1) is 5.71 Å². The molecule has 0 atom stereocenters. The lowest BCUT2D eigenvalue weighted by Gasteiger charge is -2.27. The molecule has 1 aliphatic rings. The fraction of sp³-hybridized carbons (Fsp3) is 0.538. The van der Waals surface area contributed by atoms with Gasteiger partial charge in [0, 0.05) is 37.2 Å². The smallest absolute Gasteiger partial charge is 0.222 e. The molecule has 1 N–H and O–H groups in total. The summed E-state index contributed by atoms with van der Waals surface area (Å²) in [6.07, 6.45) is 3.92. The molecule has 0 aliphatic carbocycles. The van der Waals surface area contributed by atoms with Crippen LogP contribution in [0.25, 0.3) is 0 Å². The van der Waals surface area contributed by atoms with Gasteiger partial charge in [0.15, 0.2) is 0 Å². The highest BCUT2D eigenvalue weighted by Crippen LogP contribution is 2.14. The zero-order chi connectivity index (χ0) is 12.8. The Morgan fingerprint density at radius 1 is 1.44 bits per heavy atom. The first-order chi connectivity index (χ1) is 8.79. The van der Waals surface area contributed by atoms with E-state index in [0.717, 1.165) is 18.6 Å². The summed E-state index contributed by atoms with van der Waals surface area (Å²) >= 11 is 1.75. The second-order valence-corrected chi connectivity index (χ2v) is 5.51. The van der Waals surface area contributed by atoms with Crippen LogP contribution in [0.3, 0.4) is 0 Å². The molecule has 5 heteroatoms. The number of piperidine rings is 1. The Labute approximate surface area is 111 Å². The third-order valence-electron chi connectivity index (χ3n) is 3.23. The number of oxime groups is 1. The van der Waals surface area contributed by atoms with Crippen LogP contribution in [0, 0.1) is 0 Å². The van der Waals surface area contributed by atoms with Crippen molar-refractivity contribution in [3.8, 4) is 0 Å². The third kappa shape index (κ3) is 3.57. The largest absolute Gasteiger partial charge is 0.411 e. The number of amides is 1. The quantitative estimate of drug-likeness (QED) is 0.672. The van der Waals surface area contributed by atoms with Gasteiger partial charge in [0.2, 0.25) is 5.91 Å². The first-order valence-corrected chi connectivity index (χ1v) is 7.17. The Morgan fingerprint density at radius 2 is 2.22 bits per heavy atom. The number of carbonyl (C=O) groups is 1. The molecule has 1 amide bonds. The zero-order valence-electron chi connectivity index (χ0n) is 10.3. The van der Waals surface area contributed by atoms with Crippen molar-refractivity contribution in [3.63, 3.8) is 0 Å². The number of thiophene rings is 1. The van der Waals surface area contributed by atoms with Gasteiger partial charge in [-0.15, -0.1) is 11.3 Å². The standard InChI is InChI=1S/C13H18N2O2S/c16-13(5-1-3-12-4-2-10-18-12)15-8-6-11(14-17)7-9-15/h2,4,10,17H,1,3,5-9H2. The van der Waals surface area contributed by atoms with Crippen LogP contribution in [0.4, 0.5) is 0 Å². The van der Waals surface area contributed by atoms with Crippen molar-refractivity contribution in [1.82, 2.24) is 4.90 Å². The second-order valence-electron chi connectivity index (χ2n) is 4.48. The molecule has 0 aromatic carbocycles. The summed E-state index contributed by atoms with van der Waals surface area (Å²) in [5.41, 5.74) is 0.803. The number of rotatable bonds is 4. The van der Waals surface area contributed by atoms with Gasteiger partial charge in [-0.3, -0.25) is 4.79 Å². The summed E-state index contributed by atoms with van der Waals surface area (Å²) in [5.74, 6) is 0.226. The number of hydrogen-bond acceptors (Lipinski definition) is 4. The topological polar surface area (TPSA) is 52.9 Å². The van der Waals surface area contributed by atoms with Crippen molar-refractivity contribution in [1.29, 1.82) is 0 Å². The van der Waals surface area contributed by atoms with Gasteiger partial charge in [0.1, 0.15) is 0 Å². The third-order valence-corrected chi connectivity index (χ3v) is 4.16. The van der Waals surface area contributed by atoms with Gasteiger partial charge in [-0.25, -0.2) is 0 Å². The van der Waals surface area contributed by atoms with Crippen molar-refractivity contribution < 1.29 is 10.0 Å². The molecule has 4 nitrogen and oxygen atoms in total. The molecule has 2 heterocycles. The van der Waals surface area contributed by atoms with Gasteiger partial charge in [-0.05, 0) is 24.3 Å². The fourth-order valence-corrected chi connectivity index (χ4v) is 2.89. The normalized spacial score (nSPS) is 15.8. The highest BCUT2D eigenvalue weighted by Gasteiger charge is 2.19. The van der Waals surface area contributed by atoms with Crippen LogP contribution >= 0.6 is 11.3 Å². The summed E-state index contributed by atoms with van der Waals surface area (Å²) in [6.45, 7) is 1.38. The molecule has 2 rings (SSSR count). The van der Waals surface area contributed by atoms with Gasteiger partial charge in [0.25, 0.3) is 0 Å². The average Bonchev–Trinajstić information content (AvgIpc) is 2.92. The molecular weight excluding hydrogens is 248 g/mol. The van der Waals surface area contributed by atoms with Crippen LogP contribution in [0.15, 0.2) is 22.7 Å². The SMILES string of the molecule is O=C(CCCc1cccs1)N1CCC(=NO)CC1. The van der Waals surface area contributed by atoms with Gasteiger partial charge in [-0.2, -0.15) is 0 Å². The maximum absolute atomic E-state index is 11.9. The van der Waals surface area contributed by atoms with E-state index in [2.05, 4.69) is 16.6 Å². The van der Waals surface area contributed by atoms with Crippen molar-refractivity contribution in [2.45, 2.75) is 32.1 Å². The monoisotopic (exact) mass is 266 g/mol. The molecule has 1 saturated heterocycles. The molecule has 1 aromatic heterocycles. The molecule has 98 valence electrons. The van der Waals surface area contributed by atoms with Crippen LogP contribution in [0.2, 0.25) is 0 Å². The summed E-state index contributed by atoms with van der Waals surface area (Å²) in [6, 6.07) is 4.15. The Morgan fingerprint density at radius 3 is 2.83 bits per heavy atom. The Balaban J connectivity index is 1.69. The van der Waals surface area contributed by atoms with E-state index < -0.39 is 0 Å². The van der Waals surface area contributed by atoms with Crippen molar-refractivity contribution >= 4 is 23.0 Å². The molecule has 0 bridgehead atoms. The Kier molecular flexibility index (Phi) is 4.75. The average molecular weight is 266 g/mol. The van der Waals surface area contributed by atoms with E-state index in [9.17, 15) is 4.79 Å². The second kappa shape index (κ2) is 6.54. The lowest BCUT2D eigenvalue weighted by molar-refractivity contribution is -0.131. The Bertz CT molecular complexity index is 405. The van der Waals surface area contributed by atoms with E-state index in [1.807, 2.05) is 11.0 Å². The highest BCUT2D eigenvalue weighted by atomic mass is 32.1. The summed E-state index contributed by atoms with van der Waals surface area (Å²) < 4.78 is 0. The molecule has 0 spiro atoms. The molecular formula is C13H18N2O2S. The molecule has 1 aromatic rings. The lowest BCUT2D eigenvalue weighted by Crippen LogP contribution is -2.38.